The third-order valence-electron chi connectivity index (χ3n) is 10.7. The number of tetrazole rings is 1. The molecule has 7 aromatic rings. The monoisotopic (exact) mass is 882 g/mol. The molecule has 4 atom stereocenters. The van der Waals surface area contributed by atoms with Crippen LogP contribution in [0.5, 0.6) is 5.75 Å². The second kappa shape index (κ2) is 19.9. The van der Waals surface area contributed by atoms with Gasteiger partial charge in [-0.3, -0.25) is 4.79 Å². The maximum Gasteiger partial charge on any atom is 0.241 e. The number of nitrogens with one attached hydrogen (secondary N) is 2. The van der Waals surface area contributed by atoms with Crippen LogP contribution >= 0.6 is 11.8 Å². The Kier molecular flexibility index (Phi) is 13.7. The molecule has 0 radical (unpaired) electrons. The molecule has 63 heavy (non-hydrogen) atoms. The summed E-state index contributed by atoms with van der Waals surface area (Å²) >= 11 is 1.46. The van der Waals surface area contributed by atoms with Gasteiger partial charge in [-0.15, -0.1) is 5.10 Å². The van der Waals surface area contributed by atoms with Crippen LogP contribution in [0.1, 0.15) is 52.2 Å². The summed E-state index contributed by atoms with van der Waals surface area (Å²) < 4.78 is 44.4. The molecule has 4 unspecified atom stereocenters. The molecule has 15 heteroatoms. The van der Waals surface area contributed by atoms with E-state index in [-0.39, 0.29) is 42.4 Å². The molecule has 6 aromatic carbocycles. The summed E-state index contributed by atoms with van der Waals surface area (Å²) in [6.45, 7) is 1.99. The number of hydrogen-bond donors (Lipinski definition) is 4. The van der Waals surface area contributed by atoms with E-state index in [1.165, 1.54) is 23.9 Å². The van der Waals surface area contributed by atoms with Crippen LogP contribution in [0.15, 0.2) is 162 Å². The SMILES string of the molecule is Cc1ccc(S(=O)(=O)NC(Cc2ccccc2)C(=O)NCc2ccccc2-c2ccc(C3OC(CSc4nnnn4-c4ccc(O)cc4)CC(c4ccc(CO)cc4)O3)cc2)cc1. The van der Waals surface area contributed by atoms with Gasteiger partial charge >= 0.3 is 0 Å². The highest BCUT2D eigenvalue weighted by Crippen LogP contribution is 2.40. The van der Waals surface area contributed by atoms with Gasteiger partial charge in [0.05, 0.1) is 29.4 Å². The van der Waals surface area contributed by atoms with Crippen molar-refractivity contribution in [3.8, 4) is 22.6 Å². The van der Waals surface area contributed by atoms with Gasteiger partial charge in [-0.25, -0.2) is 8.42 Å². The maximum atomic E-state index is 13.8. The molecular weight excluding hydrogens is 837 g/mol. The van der Waals surface area contributed by atoms with E-state index < -0.39 is 28.3 Å². The molecule has 2 heterocycles. The zero-order valence-corrected chi connectivity index (χ0v) is 36.0. The molecule has 1 aromatic heterocycles. The number of ether oxygens (including phenoxy) is 2. The van der Waals surface area contributed by atoms with E-state index in [2.05, 4.69) is 25.6 Å². The first-order chi connectivity index (χ1) is 30.6. The third kappa shape index (κ3) is 10.9. The fraction of sp³-hybridized carbons (Fsp3) is 0.208. The van der Waals surface area contributed by atoms with Crippen LogP contribution in [-0.2, 0) is 43.9 Å². The average molecular weight is 883 g/mol. The summed E-state index contributed by atoms with van der Waals surface area (Å²) in [5.74, 6) is 0.228. The second-order valence-corrected chi connectivity index (χ2v) is 17.9. The summed E-state index contributed by atoms with van der Waals surface area (Å²) in [5, 5.41) is 35.3. The first kappa shape index (κ1) is 43.4. The van der Waals surface area contributed by atoms with E-state index in [1.54, 1.807) is 41.1 Å². The van der Waals surface area contributed by atoms with E-state index in [9.17, 15) is 23.4 Å². The standard InChI is InChI=1S/C48H46N6O7S2/c1-32-11-25-42(26-12-32)63(58,59)51-44(27-33-7-3-2-4-8-33)46(57)49-29-38-9-5-6-10-43(38)35-17-19-37(20-18-35)47-60-41(28-45(61-47)36-15-13-34(30-55)14-16-36)31-62-48-50-52-53-54(48)39-21-23-40(56)24-22-39/h2-26,41,44-45,47,51,55-56H,27-31H2,1H3,(H,49,57). The van der Waals surface area contributed by atoms with Gasteiger partial charge in [-0.05, 0) is 93.6 Å². The Bertz CT molecular complexity index is 2720. The van der Waals surface area contributed by atoms with Crippen LogP contribution in [-0.4, -0.2) is 62.6 Å². The van der Waals surface area contributed by atoms with Gasteiger partial charge in [0.15, 0.2) is 6.29 Å². The molecule has 1 saturated heterocycles. The number of aromatic nitrogens is 4. The number of rotatable bonds is 16. The topological polar surface area (TPSA) is 178 Å². The number of carbonyl (C=O) groups is 1. The fourth-order valence-corrected chi connectivity index (χ4v) is 9.41. The molecule has 8 rings (SSSR count). The Morgan fingerprint density at radius 1 is 0.825 bits per heavy atom. The van der Waals surface area contributed by atoms with Gasteiger partial charge in [0.1, 0.15) is 11.8 Å². The van der Waals surface area contributed by atoms with Crippen molar-refractivity contribution in [2.24, 2.45) is 0 Å². The molecule has 1 aliphatic rings. The molecule has 0 aliphatic carbocycles. The number of hydrogen-bond acceptors (Lipinski definition) is 11. The lowest BCUT2D eigenvalue weighted by atomic mass is 9.97. The Balaban J connectivity index is 0.980. The highest BCUT2D eigenvalue weighted by Gasteiger charge is 2.33. The van der Waals surface area contributed by atoms with E-state index in [0.717, 1.165) is 44.5 Å². The van der Waals surface area contributed by atoms with Crippen molar-refractivity contribution in [3.63, 3.8) is 0 Å². The number of thioether (sulfide) groups is 1. The Labute approximate surface area is 370 Å². The summed E-state index contributed by atoms with van der Waals surface area (Å²) in [5.41, 5.74) is 7.70. The van der Waals surface area contributed by atoms with E-state index in [0.29, 0.717) is 23.0 Å². The summed E-state index contributed by atoms with van der Waals surface area (Å²) in [7, 11) is -4.00. The maximum absolute atomic E-state index is 13.8. The van der Waals surface area contributed by atoms with Gasteiger partial charge in [0, 0.05) is 24.3 Å². The normalized spacial score (nSPS) is 17.0. The minimum Gasteiger partial charge on any atom is -0.508 e. The number of phenols is 1. The molecule has 1 amide bonds. The number of aromatic hydroxyl groups is 1. The minimum atomic E-state index is -4.00. The Morgan fingerprint density at radius 3 is 2.25 bits per heavy atom. The summed E-state index contributed by atoms with van der Waals surface area (Å²) in [4.78, 5) is 13.9. The molecule has 0 bridgehead atoms. The molecular formula is C48H46N6O7S2. The Hall–Kier alpha value is -6.20. The average Bonchev–Trinajstić information content (AvgIpc) is 3.79. The zero-order chi connectivity index (χ0) is 43.8. The molecule has 322 valence electrons. The fourth-order valence-electron chi connectivity index (χ4n) is 7.31. The smallest absolute Gasteiger partial charge is 0.241 e. The lowest BCUT2D eigenvalue weighted by Gasteiger charge is -2.36. The second-order valence-electron chi connectivity index (χ2n) is 15.2. The van der Waals surface area contributed by atoms with Crippen molar-refractivity contribution in [1.29, 1.82) is 0 Å². The molecule has 13 nitrogen and oxygen atoms in total. The number of nitrogens with zero attached hydrogens (tertiary/aromatic N) is 4. The number of sulfonamides is 1. The lowest BCUT2D eigenvalue weighted by Crippen LogP contribution is -2.47. The zero-order valence-electron chi connectivity index (χ0n) is 34.3. The number of aliphatic hydroxyl groups is 1. The van der Waals surface area contributed by atoms with Crippen molar-refractivity contribution in [2.75, 3.05) is 5.75 Å². The van der Waals surface area contributed by atoms with E-state index in [4.69, 9.17) is 9.47 Å². The number of benzene rings is 6. The quantitative estimate of drug-likeness (QED) is 0.0713. The summed E-state index contributed by atoms with van der Waals surface area (Å²) in [6.07, 6.45) is -0.518. The first-order valence-electron chi connectivity index (χ1n) is 20.4. The minimum absolute atomic E-state index is 0.0563. The van der Waals surface area contributed by atoms with Gasteiger partial charge in [0.25, 0.3) is 0 Å². The van der Waals surface area contributed by atoms with Crippen molar-refractivity contribution >= 4 is 27.7 Å². The van der Waals surface area contributed by atoms with Crippen LogP contribution in [0.3, 0.4) is 0 Å². The van der Waals surface area contributed by atoms with Crippen LogP contribution in [0.2, 0.25) is 0 Å². The van der Waals surface area contributed by atoms with Gasteiger partial charge in [-0.2, -0.15) is 9.40 Å². The largest absolute Gasteiger partial charge is 0.508 e. The lowest BCUT2D eigenvalue weighted by molar-refractivity contribution is -0.245. The van der Waals surface area contributed by atoms with Crippen molar-refractivity contribution < 1.29 is 32.9 Å². The highest BCUT2D eigenvalue weighted by atomic mass is 32.2. The van der Waals surface area contributed by atoms with Crippen molar-refractivity contribution in [3.05, 3.63) is 185 Å². The predicted octanol–water partition coefficient (Wildman–Crippen LogP) is 7.38. The first-order valence-corrected chi connectivity index (χ1v) is 22.9. The van der Waals surface area contributed by atoms with Crippen LogP contribution in [0.4, 0.5) is 0 Å². The molecule has 0 saturated carbocycles. The van der Waals surface area contributed by atoms with Crippen LogP contribution in [0, 0.1) is 6.92 Å². The number of phenolic OH excluding ortho intramolecular Hbond substituents is 1. The van der Waals surface area contributed by atoms with Gasteiger partial charge in [0.2, 0.25) is 21.1 Å². The number of aliphatic hydroxyl groups excluding tert-OH is 1. The number of aryl methyl sites for hydroxylation is 1. The van der Waals surface area contributed by atoms with E-state index >= 15 is 0 Å². The van der Waals surface area contributed by atoms with Gasteiger partial charge < -0.3 is 25.0 Å². The molecule has 0 spiro atoms. The molecule has 1 fully saturated rings. The number of carbonyl (C=O) groups excluding carboxylic acids is 1. The van der Waals surface area contributed by atoms with Crippen molar-refractivity contribution in [1.82, 2.24) is 30.2 Å². The van der Waals surface area contributed by atoms with Gasteiger partial charge in [-0.1, -0.05) is 133 Å². The third-order valence-corrected chi connectivity index (χ3v) is 13.3. The Morgan fingerprint density at radius 2 is 1.52 bits per heavy atom. The highest BCUT2D eigenvalue weighted by molar-refractivity contribution is 7.99. The summed E-state index contributed by atoms with van der Waals surface area (Å²) in [6, 6.07) is 44.8. The molecule has 1 aliphatic heterocycles. The van der Waals surface area contributed by atoms with Crippen LogP contribution in [0.25, 0.3) is 16.8 Å². The molecule has 4 N–H and O–H groups in total. The number of amides is 1. The van der Waals surface area contributed by atoms with E-state index in [1.807, 2.05) is 110 Å². The van der Waals surface area contributed by atoms with Crippen LogP contribution < -0.4 is 10.0 Å². The van der Waals surface area contributed by atoms with Crippen molar-refractivity contribution in [2.45, 2.75) is 67.5 Å². The predicted molar refractivity (Wildman–Crippen MR) is 239 cm³/mol.